The van der Waals surface area contributed by atoms with Crippen LogP contribution in [-0.2, 0) is 0 Å². The number of rotatable bonds is 5. The maximum atomic E-state index is 10.9. The number of benzene rings is 1. The Morgan fingerprint density at radius 2 is 2.00 bits per heavy atom. The molecule has 7 nitrogen and oxygen atoms in total. The van der Waals surface area contributed by atoms with Crippen molar-refractivity contribution in [3.8, 4) is 22.8 Å². The number of carbonyl (C=O) groups is 2. The van der Waals surface area contributed by atoms with Gasteiger partial charge in [-0.2, -0.15) is 0 Å². The second-order valence-electron chi connectivity index (χ2n) is 3.77. The van der Waals surface area contributed by atoms with E-state index in [1.165, 1.54) is 26.4 Å². The fraction of sp³-hybridized carbons (Fsp3) is 0.154. The fourth-order valence-corrected chi connectivity index (χ4v) is 1.79. The molecule has 0 bridgehead atoms. The first-order chi connectivity index (χ1) is 9.62. The SMILES string of the molecule is COc1c(C=O)ccc(-c2cc(C(=O)O)on2)c1OC. The monoisotopic (exact) mass is 277 g/mol. The predicted octanol–water partition coefficient (Wildman–Crippen LogP) is 1.87. The number of carbonyl (C=O) groups excluding carboxylic acids is 1. The van der Waals surface area contributed by atoms with Crippen molar-refractivity contribution in [3.63, 3.8) is 0 Å². The van der Waals surface area contributed by atoms with Crippen LogP contribution in [-0.4, -0.2) is 36.7 Å². The van der Waals surface area contributed by atoms with E-state index in [0.717, 1.165) is 0 Å². The van der Waals surface area contributed by atoms with Gasteiger partial charge in [-0.25, -0.2) is 4.79 Å². The first kappa shape index (κ1) is 13.6. The van der Waals surface area contributed by atoms with Crippen LogP contribution in [0.15, 0.2) is 22.7 Å². The highest BCUT2D eigenvalue weighted by molar-refractivity contribution is 5.88. The van der Waals surface area contributed by atoms with Crippen LogP contribution in [0.2, 0.25) is 0 Å². The third-order valence-electron chi connectivity index (χ3n) is 2.67. The molecule has 0 aliphatic heterocycles. The maximum absolute atomic E-state index is 10.9. The Morgan fingerprint density at radius 1 is 1.30 bits per heavy atom. The van der Waals surface area contributed by atoms with Gasteiger partial charge in [-0.3, -0.25) is 4.79 Å². The molecule has 20 heavy (non-hydrogen) atoms. The molecule has 2 rings (SSSR count). The third kappa shape index (κ3) is 2.20. The van der Waals surface area contributed by atoms with E-state index in [-0.39, 0.29) is 23.0 Å². The van der Waals surface area contributed by atoms with Crippen LogP contribution in [0.25, 0.3) is 11.3 Å². The zero-order valence-corrected chi connectivity index (χ0v) is 10.7. The van der Waals surface area contributed by atoms with Crippen LogP contribution in [0.4, 0.5) is 0 Å². The number of nitrogens with zero attached hydrogens (tertiary/aromatic N) is 1. The molecule has 0 aliphatic rings. The van der Waals surface area contributed by atoms with Gasteiger partial charge in [0.1, 0.15) is 5.69 Å². The van der Waals surface area contributed by atoms with Crippen molar-refractivity contribution in [1.82, 2.24) is 5.16 Å². The van der Waals surface area contributed by atoms with E-state index in [1.807, 2.05) is 0 Å². The van der Waals surface area contributed by atoms with Crippen LogP contribution in [0.5, 0.6) is 11.5 Å². The van der Waals surface area contributed by atoms with Crippen LogP contribution < -0.4 is 9.47 Å². The molecular formula is C13H11NO6. The zero-order chi connectivity index (χ0) is 14.7. The summed E-state index contributed by atoms with van der Waals surface area (Å²) < 4.78 is 15.1. The van der Waals surface area contributed by atoms with E-state index in [4.69, 9.17) is 19.1 Å². The van der Waals surface area contributed by atoms with Crippen molar-refractivity contribution < 1.29 is 28.7 Å². The lowest BCUT2D eigenvalue weighted by molar-refractivity contribution is 0.0652. The van der Waals surface area contributed by atoms with Crippen molar-refractivity contribution in [1.29, 1.82) is 0 Å². The summed E-state index contributed by atoms with van der Waals surface area (Å²) >= 11 is 0. The van der Waals surface area contributed by atoms with E-state index in [1.54, 1.807) is 6.07 Å². The van der Waals surface area contributed by atoms with Crippen molar-refractivity contribution in [2.45, 2.75) is 0 Å². The first-order valence-corrected chi connectivity index (χ1v) is 5.53. The molecule has 0 saturated carbocycles. The summed E-state index contributed by atoms with van der Waals surface area (Å²) in [5.41, 5.74) is 1.05. The molecule has 1 N–H and O–H groups in total. The van der Waals surface area contributed by atoms with Crippen molar-refractivity contribution in [2.75, 3.05) is 14.2 Å². The molecular weight excluding hydrogens is 266 g/mol. The van der Waals surface area contributed by atoms with Gasteiger partial charge in [-0.15, -0.1) is 0 Å². The Kier molecular flexibility index (Phi) is 3.69. The molecule has 0 fully saturated rings. The van der Waals surface area contributed by atoms with Gasteiger partial charge in [0.25, 0.3) is 0 Å². The number of carboxylic acid groups (broad SMARTS) is 1. The van der Waals surface area contributed by atoms with Crippen LogP contribution in [0.1, 0.15) is 20.9 Å². The number of ether oxygens (including phenoxy) is 2. The lowest BCUT2D eigenvalue weighted by atomic mass is 10.1. The Hall–Kier alpha value is -2.83. The summed E-state index contributed by atoms with van der Waals surface area (Å²) in [6.45, 7) is 0. The molecule has 0 unspecified atom stereocenters. The zero-order valence-electron chi connectivity index (χ0n) is 10.7. The van der Waals surface area contributed by atoms with Gasteiger partial charge in [-0.1, -0.05) is 5.16 Å². The van der Waals surface area contributed by atoms with E-state index in [0.29, 0.717) is 17.4 Å². The van der Waals surface area contributed by atoms with Gasteiger partial charge in [0.15, 0.2) is 17.8 Å². The predicted molar refractivity (Wildman–Crippen MR) is 67.4 cm³/mol. The van der Waals surface area contributed by atoms with E-state index in [9.17, 15) is 9.59 Å². The number of hydrogen-bond acceptors (Lipinski definition) is 6. The molecule has 0 radical (unpaired) electrons. The minimum Gasteiger partial charge on any atom is -0.492 e. The molecule has 0 spiro atoms. The number of aromatic carboxylic acids is 1. The number of aromatic nitrogens is 1. The summed E-state index contributed by atoms with van der Waals surface area (Å²) in [5, 5.41) is 12.5. The number of aldehydes is 1. The molecule has 1 aromatic carbocycles. The Bertz CT molecular complexity index is 661. The molecule has 1 heterocycles. The van der Waals surface area contributed by atoms with Crippen molar-refractivity contribution in [2.24, 2.45) is 0 Å². The molecule has 1 aromatic heterocycles. The Balaban J connectivity index is 2.61. The molecule has 0 aliphatic carbocycles. The largest absolute Gasteiger partial charge is 0.492 e. The summed E-state index contributed by atoms with van der Waals surface area (Å²) in [6.07, 6.45) is 0.636. The van der Waals surface area contributed by atoms with Gasteiger partial charge in [0, 0.05) is 11.6 Å². The average molecular weight is 277 g/mol. The second-order valence-corrected chi connectivity index (χ2v) is 3.77. The topological polar surface area (TPSA) is 98.9 Å². The molecule has 7 heteroatoms. The van der Waals surface area contributed by atoms with E-state index in [2.05, 4.69) is 5.16 Å². The van der Waals surface area contributed by atoms with Gasteiger partial charge < -0.3 is 19.1 Å². The molecule has 2 aromatic rings. The highest BCUT2D eigenvalue weighted by Crippen LogP contribution is 2.39. The van der Waals surface area contributed by atoms with E-state index < -0.39 is 5.97 Å². The molecule has 0 atom stereocenters. The quantitative estimate of drug-likeness (QED) is 0.833. The first-order valence-electron chi connectivity index (χ1n) is 5.53. The summed E-state index contributed by atoms with van der Waals surface area (Å²) in [5.74, 6) is -0.984. The average Bonchev–Trinajstić information content (AvgIpc) is 2.95. The number of methoxy groups -OCH3 is 2. The minimum atomic E-state index is -1.22. The van der Waals surface area contributed by atoms with Gasteiger partial charge in [0.2, 0.25) is 5.76 Å². The summed E-state index contributed by atoms with van der Waals surface area (Å²) in [4.78, 5) is 21.7. The highest BCUT2D eigenvalue weighted by Gasteiger charge is 2.20. The lowest BCUT2D eigenvalue weighted by Crippen LogP contribution is -1.97. The fourth-order valence-electron chi connectivity index (χ4n) is 1.79. The van der Waals surface area contributed by atoms with Crippen LogP contribution in [0, 0.1) is 0 Å². The Labute approximate surface area is 113 Å². The highest BCUT2D eigenvalue weighted by atomic mass is 16.5. The minimum absolute atomic E-state index is 0.250. The lowest BCUT2D eigenvalue weighted by Gasteiger charge is -2.12. The normalized spacial score (nSPS) is 10.1. The third-order valence-corrected chi connectivity index (χ3v) is 2.67. The molecule has 0 saturated heterocycles. The smallest absolute Gasteiger partial charge is 0.374 e. The summed E-state index contributed by atoms with van der Waals surface area (Å²) in [6, 6.07) is 4.37. The second kappa shape index (κ2) is 5.43. The van der Waals surface area contributed by atoms with Crippen molar-refractivity contribution in [3.05, 3.63) is 29.5 Å². The summed E-state index contributed by atoms with van der Waals surface area (Å²) in [7, 11) is 2.81. The maximum Gasteiger partial charge on any atom is 0.374 e. The standard InChI is InChI=1S/C13H11NO6/c1-18-11-7(6-15)3-4-8(12(11)19-2)9-5-10(13(16)17)20-14-9/h3-6H,1-2H3,(H,16,17). The van der Waals surface area contributed by atoms with Gasteiger partial charge in [-0.05, 0) is 12.1 Å². The van der Waals surface area contributed by atoms with Gasteiger partial charge >= 0.3 is 5.97 Å². The molecule has 0 amide bonds. The van der Waals surface area contributed by atoms with Gasteiger partial charge in [0.05, 0.1) is 19.8 Å². The molecule has 104 valence electrons. The number of hydrogen-bond donors (Lipinski definition) is 1. The van der Waals surface area contributed by atoms with E-state index >= 15 is 0 Å². The Morgan fingerprint density at radius 3 is 2.50 bits per heavy atom. The number of carboxylic acids is 1. The van der Waals surface area contributed by atoms with Crippen LogP contribution in [0.3, 0.4) is 0 Å². The van der Waals surface area contributed by atoms with Crippen molar-refractivity contribution >= 4 is 12.3 Å². The van der Waals surface area contributed by atoms with Crippen LogP contribution >= 0.6 is 0 Å².